The standard InChI is InChI=1S/C16H21N3O2/c1-5-12(20)8-6-7-11-9-17-14-13(11)15(19-10-18-14)21-16(2,3)4/h6-7,9-10H,5,8H2,1-4H3,(H,17,18,19)/b7-6+. The third kappa shape index (κ3) is 3.90. The summed E-state index contributed by atoms with van der Waals surface area (Å²) in [5.41, 5.74) is 1.32. The van der Waals surface area contributed by atoms with Gasteiger partial charge in [-0.1, -0.05) is 19.1 Å². The van der Waals surface area contributed by atoms with Crippen LogP contribution in [0.2, 0.25) is 0 Å². The van der Waals surface area contributed by atoms with Gasteiger partial charge >= 0.3 is 0 Å². The maximum absolute atomic E-state index is 11.4. The minimum atomic E-state index is -0.336. The average Bonchev–Trinajstić information content (AvgIpc) is 2.81. The number of aromatic amines is 1. The van der Waals surface area contributed by atoms with Gasteiger partial charge in [0.25, 0.3) is 0 Å². The third-order valence-electron chi connectivity index (χ3n) is 2.91. The van der Waals surface area contributed by atoms with E-state index in [1.165, 1.54) is 6.33 Å². The van der Waals surface area contributed by atoms with E-state index in [1.807, 2.05) is 46.0 Å². The molecule has 0 aliphatic heterocycles. The number of Topliss-reactive ketones (excluding diaryl/α,β-unsaturated/α-hetero) is 1. The second-order valence-corrected chi connectivity index (χ2v) is 5.86. The van der Waals surface area contributed by atoms with Gasteiger partial charge in [-0.3, -0.25) is 4.79 Å². The Morgan fingerprint density at radius 2 is 2.14 bits per heavy atom. The number of fused-ring (bicyclic) bond motifs is 1. The van der Waals surface area contributed by atoms with Crippen molar-refractivity contribution in [3.8, 4) is 5.88 Å². The van der Waals surface area contributed by atoms with Gasteiger partial charge in [-0.25, -0.2) is 9.97 Å². The molecule has 2 rings (SSSR count). The lowest BCUT2D eigenvalue weighted by Gasteiger charge is -2.20. The molecule has 0 fully saturated rings. The fraction of sp³-hybridized carbons (Fsp3) is 0.438. The van der Waals surface area contributed by atoms with Gasteiger partial charge in [0.2, 0.25) is 5.88 Å². The summed E-state index contributed by atoms with van der Waals surface area (Å²) in [6.45, 7) is 7.79. The Hall–Kier alpha value is -2.17. The van der Waals surface area contributed by atoms with Crippen molar-refractivity contribution in [1.82, 2.24) is 15.0 Å². The second-order valence-electron chi connectivity index (χ2n) is 5.86. The summed E-state index contributed by atoms with van der Waals surface area (Å²) < 4.78 is 5.89. The molecule has 2 aromatic heterocycles. The Morgan fingerprint density at radius 1 is 1.38 bits per heavy atom. The molecule has 112 valence electrons. The van der Waals surface area contributed by atoms with E-state index in [0.717, 1.165) is 16.6 Å². The van der Waals surface area contributed by atoms with Gasteiger partial charge in [-0.2, -0.15) is 0 Å². The van der Waals surface area contributed by atoms with E-state index in [-0.39, 0.29) is 11.4 Å². The smallest absolute Gasteiger partial charge is 0.227 e. The zero-order chi connectivity index (χ0) is 15.5. The maximum Gasteiger partial charge on any atom is 0.227 e. The predicted molar refractivity (Wildman–Crippen MR) is 83.2 cm³/mol. The summed E-state index contributed by atoms with van der Waals surface area (Å²) in [5, 5.41) is 0.840. The first-order valence-corrected chi connectivity index (χ1v) is 7.10. The van der Waals surface area contributed by atoms with Crippen LogP contribution in [-0.2, 0) is 4.79 Å². The van der Waals surface area contributed by atoms with E-state index in [4.69, 9.17) is 4.74 Å². The van der Waals surface area contributed by atoms with Gasteiger partial charge in [-0.05, 0) is 20.8 Å². The lowest BCUT2D eigenvalue weighted by Crippen LogP contribution is -2.23. The highest BCUT2D eigenvalue weighted by atomic mass is 16.5. The van der Waals surface area contributed by atoms with Crippen LogP contribution in [0.3, 0.4) is 0 Å². The first-order valence-electron chi connectivity index (χ1n) is 7.10. The Morgan fingerprint density at radius 3 is 2.81 bits per heavy atom. The molecule has 0 unspecified atom stereocenters. The summed E-state index contributed by atoms with van der Waals surface area (Å²) >= 11 is 0. The molecule has 0 radical (unpaired) electrons. The molecule has 0 saturated heterocycles. The molecule has 21 heavy (non-hydrogen) atoms. The van der Waals surface area contributed by atoms with Crippen molar-refractivity contribution in [1.29, 1.82) is 0 Å². The van der Waals surface area contributed by atoms with Crippen LogP contribution in [0.1, 0.15) is 46.1 Å². The van der Waals surface area contributed by atoms with Gasteiger partial charge in [0.15, 0.2) is 0 Å². The molecule has 0 amide bonds. The van der Waals surface area contributed by atoms with Gasteiger partial charge < -0.3 is 9.72 Å². The number of allylic oxidation sites excluding steroid dienone is 1. The number of ketones is 1. The lowest BCUT2D eigenvalue weighted by atomic mass is 10.1. The van der Waals surface area contributed by atoms with Crippen LogP contribution in [0, 0.1) is 0 Å². The van der Waals surface area contributed by atoms with Crippen molar-refractivity contribution >= 4 is 22.9 Å². The number of rotatable bonds is 5. The minimum absolute atomic E-state index is 0.216. The first kappa shape index (κ1) is 15.2. The Bertz CT molecular complexity index is 666. The van der Waals surface area contributed by atoms with Crippen LogP contribution in [0.4, 0.5) is 0 Å². The fourth-order valence-electron chi connectivity index (χ4n) is 1.92. The number of nitrogens with one attached hydrogen (secondary N) is 1. The molecule has 0 saturated carbocycles. The number of H-pyrrole nitrogens is 1. The van der Waals surface area contributed by atoms with E-state index in [1.54, 1.807) is 0 Å². The Balaban J connectivity index is 2.34. The van der Waals surface area contributed by atoms with Gasteiger partial charge in [0.1, 0.15) is 23.4 Å². The van der Waals surface area contributed by atoms with Gasteiger partial charge in [0, 0.05) is 24.6 Å². The lowest BCUT2D eigenvalue weighted by molar-refractivity contribution is -0.117. The summed E-state index contributed by atoms with van der Waals surface area (Å²) in [6, 6.07) is 0. The molecule has 2 heterocycles. The van der Waals surface area contributed by atoms with Crippen LogP contribution in [0.15, 0.2) is 18.6 Å². The third-order valence-corrected chi connectivity index (χ3v) is 2.91. The highest BCUT2D eigenvalue weighted by Crippen LogP contribution is 2.28. The van der Waals surface area contributed by atoms with Crippen molar-refractivity contribution in [3.05, 3.63) is 24.2 Å². The number of ether oxygens (including phenoxy) is 1. The van der Waals surface area contributed by atoms with Crippen LogP contribution in [-0.4, -0.2) is 26.3 Å². The normalized spacial score (nSPS) is 12.2. The Kier molecular flexibility index (Phi) is 4.40. The zero-order valence-electron chi connectivity index (χ0n) is 12.9. The fourth-order valence-corrected chi connectivity index (χ4v) is 1.92. The number of carbonyl (C=O) groups excluding carboxylic acids is 1. The number of hydrogen-bond acceptors (Lipinski definition) is 4. The molecular weight excluding hydrogens is 266 g/mol. The van der Waals surface area contributed by atoms with E-state index in [9.17, 15) is 4.79 Å². The van der Waals surface area contributed by atoms with Crippen LogP contribution >= 0.6 is 0 Å². The van der Waals surface area contributed by atoms with Crippen molar-refractivity contribution in [2.75, 3.05) is 0 Å². The summed E-state index contributed by atoms with van der Waals surface area (Å²) in [7, 11) is 0. The molecule has 0 aromatic carbocycles. The van der Waals surface area contributed by atoms with Crippen LogP contribution < -0.4 is 4.74 Å². The number of hydrogen-bond donors (Lipinski definition) is 1. The summed E-state index contributed by atoms with van der Waals surface area (Å²) in [5.74, 6) is 0.767. The minimum Gasteiger partial charge on any atom is -0.471 e. The maximum atomic E-state index is 11.4. The van der Waals surface area contributed by atoms with Crippen molar-refractivity contribution in [2.45, 2.75) is 46.1 Å². The van der Waals surface area contributed by atoms with Gasteiger partial charge in [-0.15, -0.1) is 0 Å². The highest BCUT2D eigenvalue weighted by molar-refractivity contribution is 5.91. The van der Waals surface area contributed by atoms with E-state index in [2.05, 4.69) is 15.0 Å². The quantitative estimate of drug-likeness (QED) is 0.913. The van der Waals surface area contributed by atoms with E-state index in [0.29, 0.717) is 18.7 Å². The second kappa shape index (κ2) is 6.08. The number of nitrogens with zero attached hydrogens (tertiary/aromatic N) is 2. The summed E-state index contributed by atoms with van der Waals surface area (Å²) in [4.78, 5) is 22.9. The molecule has 0 aliphatic carbocycles. The topological polar surface area (TPSA) is 67.9 Å². The highest BCUT2D eigenvalue weighted by Gasteiger charge is 2.17. The molecule has 1 N–H and O–H groups in total. The number of carbonyl (C=O) groups is 1. The summed E-state index contributed by atoms with van der Waals surface area (Å²) in [6.07, 6.45) is 8.09. The molecule has 0 atom stereocenters. The monoisotopic (exact) mass is 287 g/mol. The molecule has 0 spiro atoms. The van der Waals surface area contributed by atoms with Crippen molar-refractivity contribution in [3.63, 3.8) is 0 Å². The average molecular weight is 287 g/mol. The molecule has 5 heteroatoms. The van der Waals surface area contributed by atoms with Crippen molar-refractivity contribution in [2.24, 2.45) is 0 Å². The molecule has 5 nitrogen and oxygen atoms in total. The number of aromatic nitrogens is 3. The Labute approximate surface area is 124 Å². The molecule has 0 aliphatic rings. The van der Waals surface area contributed by atoms with Crippen LogP contribution in [0.5, 0.6) is 5.88 Å². The molecule has 0 bridgehead atoms. The van der Waals surface area contributed by atoms with E-state index >= 15 is 0 Å². The molecule has 2 aromatic rings. The van der Waals surface area contributed by atoms with Crippen LogP contribution in [0.25, 0.3) is 17.1 Å². The first-order chi connectivity index (χ1) is 9.90. The zero-order valence-corrected chi connectivity index (χ0v) is 12.9. The largest absolute Gasteiger partial charge is 0.471 e. The van der Waals surface area contributed by atoms with Gasteiger partial charge in [0.05, 0.1) is 5.39 Å². The van der Waals surface area contributed by atoms with Crippen molar-refractivity contribution < 1.29 is 9.53 Å². The van der Waals surface area contributed by atoms with E-state index < -0.39 is 0 Å². The molecular formula is C16H21N3O2. The SMILES string of the molecule is CCC(=O)C/C=C/c1c[nH]c2ncnc(OC(C)(C)C)c12. The predicted octanol–water partition coefficient (Wildman–Crippen LogP) is 3.52.